The summed E-state index contributed by atoms with van der Waals surface area (Å²) in [4.78, 5) is 12.1. The monoisotopic (exact) mass is 276 g/mol. The Morgan fingerprint density at radius 2 is 2.10 bits per heavy atom. The third-order valence-electron chi connectivity index (χ3n) is 2.78. The molecule has 1 aromatic carbocycles. The Kier molecular flexibility index (Phi) is 8.35. The summed E-state index contributed by atoms with van der Waals surface area (Å²) in [6, 6.07) is 9.90. The standard InChI is InChI=1S/C16H24N2O2/c1-2-12-20-15(13-14-8-4-3-5-9-14)16(19)18-11-7-6-10-17/h3-9,15H,2,10-13,17H2,1H3,(H,18,19)/b7-6+. The van der Waals surface area contributed by atoms with Gasteiger partial charge >= 0.3 is 0 Å². The number of rotatable bonds is 9. The Morgan fingerprint density at radius 1 is 1.35 bits per heavy atom. The summed E-state index contributed by atoms with van der Waals surface area (Å²) in [5, 5.41) is 2.84. The Hall–Kier alpha value is -1.65. The quantitative estimate of drug-likeness (QED) is 0.674. The number of hydrogen-bond acceptors (Lipinski definition) is 3. The molecule has 1 amide bonds. The summed E-state index contributed by atoms with van der Waals surface area (Å²) in [6.07, 6.45) is 4.71. The minimum atomic E-state index is -0.441. The van der Waals surface area contributed by atoms with Gasteiger partial charge in [0.15, 0.2) is 0 Å². The normalized spacial score (nSPS) is 12.5. The van der Waals surface area contributed by atoms with E-state index < -0.39 is 6.10 Å². The highest BCUT2D eigenvalue weighted by molar-refractivity contribution is 5.81. The minimum Gasteiger partial charge on any atom is -0.368 e. The van der Waals surface area contributed by atoms with Crippen molar-refractivity contribution in [2.24, 2.45) is 5.73 Å². The Bertz CT molecular complexity index is 404. The van der Waals surface area contributed by atoms with E-state index >= 15 is 0 Å². The van der Waals surface area contributed by atoms with Crippen molar-refractivity contribution < 1.29 is 9.53 Å². The van der Waals surface area contributed by atoms with E-state index in [2.05, 4.69) is 5.32 Å². The topological polar surface area (TPSA) is 64.3 Å². The van der Waals surface area contributed by atoms with Crippen molar-refractivity contribution in [2.45, 2.75) is 25.9 Å². The molecule has 0 aliphatic carbocycles. The number of carbonyl (C=O) groups is 1. The van der Waals surface area contributed by atoms with Crippen LogP contribution >= 0.6 is 0 Å². The fraction of sp³-hybridized carbons (Fsp3) is 0.438. The summed E-state index contributed by atoms with van der Waals surface area (Å²) in [5.41, 5.74) is 6.45. The van der Waals surface area contributed by atoms with E-state index in [4.69, 9.17) is 10.5 Å². The Morgan fingerprint density at radius 3 is 2.75 bits per heavy atom. The smallest absolute Gasteiger partial charge is 0.249 e. The molecular formula is C16H24N2O2. The first-order valence-electron chi connectivity index (χ1n) is 7.06. The fourth-order valence-corrected chi connectivity index (χ4v) is 1.77. The molecule has 1 atom stereocenters. The van der Waals surface area contributed by atoms with Crippen molar-refractivity contribution in [3.8, 4) is 0 Å². The Balaban J connectivity index is 2.54. The second kappa shape index (κ2) is 10.2. The van der Waals surface area contributed by atoms with Crippen LogP contribution in [0.3, 0.4) is 0 Å². The lowest BCUT2D eigenvalue weighted by atomic mass is 10.1. The molecule has 1 unspecified atom stereocenters. The summed E-state index contributed by atoms with van der Waals surface area (Å²) in [7, 11) is 0. The van der Waals surface area contributed by atoms with Crippen molar-refractivity contribution >= 4 is 5.91 Å². The maximum Gasteiger partial charge on any atom is 0.249 e. The second-order valence-corrected chi connectivity index (χ2v) is 4.50. The number of nitrogens with two attached hydrogens (primary N) is 1. The van der Waals surface area contributed by atoms with Crippen molar-refractivity contribution in [1.82, 2.24) is 5.32 Å². The molecule has 0 aromatic heterocycles. The molecule has 4 nitrogen and oxygen atoms in total. The molecule has 110 valence electrons. The van der Waals surface area contributed by atoms with Gasteiger partial charge in [-0.15, -0.1) is 0 Å². The molecular weight excluding hydrogens is 252 g/mol. The van der Waals surface area contributed by atoms with Gasteiger partial charge in [-0.3, -0.25) is 4.79 Å². The lowest BCUT2D eigenvalue weighted by Gasteiger charge is -2.17. The van der Waals surface area contributed by atoms with E-state index in [-0.39, 0.29) is 5.91 Å². The highest BCUT2D eigenvalue weighted by Crippen LogP contribution is 2.07. The molecule has 0 fully saturated rings. The molecule has 0 heterocycles. The van der Waals surface area contributed by atoms with Gasteiger partial charge in [0.05, 0.1) is 0 Å². The summed E-state index contributed by atoms with van der Waals surface area (Å²) in [6.45, 7) is 3.58. The number of ether oxygens (including phenoxy) is 1. The lowest BCUT2D eigenvalue weighted by Crippen LogP contribution is -2.38. The van der Waals surface area contributed by atoms with Gasteiger partial charge in [-0.2, -0.15) is 0 Å². The molecule has 1 rings (SSSR count). The first-order chi connectivity index (χ1) is 9.77. The van der Waals surface area contributed by atoms with Crippen LogP contribution in [0.4, 0.5) is 0 Å². The third kappa shape index (κ3) is 6.50. The Labute approximate surface area is 121 Å². The van der Waals surface area contributed by atoms with Crippen LogP contribution in [0.5, 0.6) is 0 Å². The average molecular weight is 276 g/mol. The highest BCUT2D eigenvalue weighted by Gasteiger charge is 2.18. The van der Waals surface area contributed by atoms with E-state index in [1.54, 1.807) is 0 Å². The molecule has 0 saturated heterocycles. The van der Waals surface area contributed by atoms with Crippen molar-refractivity contribution in [3.05, 3.63) is 48.0 Å². The molecule has 0 aliphatic heterocycles. The third-order valence-corrected chi connectivity index (χ3v) is 2.78. The van der Waals surface area contributed by atoms with Gasteiger partial charge in [-0.25, -0.2) is 0 Å². The SMILES string of the molecule is CCCOC(Cc1ccccc1)C(=O)NC/C=C/CN. The van der Waals surface area contributed by atoms with E-state index in [1.165, 1.54) is 0 Å². The van der Waals surface area contributed by atoms with Crippen LogP contribution in [-0.2, 0) is 16.0 Å². The lowest BCUT2D eigenvalue weighted by molar-refractivity contribution is -0.132. The van der Waals surface area contributed by atoms with Crippen LogP contribution in [0, 0.1) is 0 Å². The first-order valence-corrected chi connectivity index (χ1v) is 7.06. The molecule has 0 saturated carbocycles. The van der Waals surface area contributed by atoms with Crippen molar-refractivity contribution in [1.29, 1.82) is 0 Å². The van der Waals surface area contributed by atoms with Gasteiger partial charge in [0, 0.05) is 26.1 Å². The van der Waals surface area contributed by atoms with Crippen LogP contribution in [-0.4, -0.2) is 31.7 Å². The molecule has 4 heteroatoms. The average Bonchev–Trinajstić information content (AvgIpc) is 2.48. The van der Waals surface area contributed by atoms with E-state index in [1.807, 2.05) is 49.4 Å². The van der Waals surface area contributed by atoms with E-state index in [0.717, 1.165) is 12.0 Å². The number of carbonyl (C=O) groups excluding carboxylic acids is 1. The minimum absolute atomic E-state index is 0.0797. The number of hydrogen-bond donors (Lipinski definition) is 2. The van der Waals surface area contributed by atoms with Crippen LogP contribution in [0.1, 0.15) is 18.9 Å². The van der Waals surface area contributed by atoms with Gasteiger partial charge in [0.25, 0.3) is 0 Å². The molecule has 0 aliphatic rings. The zero-order chi connectivity index (χ0) is 14.6. The van der Waals surface area contributed by atoms with Gasteiger partial charge in [-0.1, -0.05) is 49.4 Å². The predicted molar refractivity (Wildman–Crippen MR) is 81.4 cm³/mol. The second-order valence-electron chi connectivity index (χ2n) is 4.50. The van der Waals surface area contributed by atoms with Crippen molar-refractivity contribution in [2.75, 3.05) is 19.7 Å². The number of benzene rings is 1. The van der Waals surface area contributed by atoms with Crippen molar-refractivity contribution in [3.63, 3.8) is 0 Å². The van der Waals surface area contributed by atoms with Crippen LogP contribution < -0.4 is 11.1 Å². The molecule has 0 bridgehead atoms. The number of amides is 1. The molecule has 0 spiro atoms. The summed E-state index contributed by atoms with van der Waals surface area (Å²) in [5.74, 6) is -0.0797. The van der Waals surface area contributed by atoms with Gasteiger partial charge in [0.2, 0.25) is 5.91 Å². The number of nitrogens with one attached hydrogen (secondary N) is 1. The maximum absolute atomic E-state index is 12.1. The molecule has 3 N–H and O–H groups in total. The van der Waals surface area contributed by atoms with Crippen LogP contribution in [0.15, 0.2) is 42.5 Å². The molecule has 0 radical (unpaired) electrons. The van der Waals surface area contributed by atoms with Gasteiger partial charge in [0.1, 0.15) is 6.10 Å². The largest absolute Gasteiger partial charge is 0.368 e. The highest BCUT2D eigenvalue weighted by atomic mass is 16.5. The summed E-state index contributed by atoms with van der Waals surface area (Å²) >= 11 is 0. The van der Waals surface area contributed by atoms with E-state index in [9.17, 15) is 4.79 Å². The fourth-order valence-electron chi connectivity index (χ4n) is 1.77. The van der Waals surface area contributed by atoms with Crippen LogP contribution in [0.25, 0.3) is 0 Å². The van der Waals surface area contributed by atoms with Gasteiger partial charge in [-0.05, 0) is 12.0 Å². The van der Waals surface area contributed by atoms with Crippen LogP contribution in [0.2, 0.25) is 0 Å². The molecule has 1 aromatic rings. The summed E-state index contributed by atoms with van der Waals surface area (Å²) < 4.78 is 5.65. The first kappa shape index (κ1) is 16.4. The molecule has 20 heavy (non-hydrogen) atoms. The van der Waals surface area contributed by atoms with E-state index in [0.29, 0.717) is 26.1 Å². The predicted octanol–water partition coefficient (Wildman–Crippen LogP) is 1.66. The van der Waals surface area contributed by atoms with Gasteiger partial charge < -0.3 is 15.8 Å². The zero-order valence-corrected chi connectivity index (χ0v) is 12.0. The maximum atomic E-state index is 12.1. The zero-order valence-electron chi connectivity index (χ0n) is 12.0.